The fourth-order valence-corrected chi connectivity index (χ4v) is 2.65. The van der Waals surface area contributed by atoms with Gasteiger partial charge in [0.05, 0.1) is 5.60 Å². The molecule has 0 unspecified atom stereocenters. The zero-order chi connectivity index (χ0) is 10.2. The third kappa shape index (κ3) is 2.24. The molecule has 2 rings (SSSR count). The normalized spacial score (nSPS) is 21.2. The van der Waals surface area contributed by atoms with Crippen LogP contribution >= 0.6 is 27.3 Å². The molecule has 1 aliphatic rings. The lowest BCUT2D eigenvalue weighted by Crippen LogP contribution is -2.42. The topological polar surface area (TPSA) is 49.2 Å². The van der Waals surface area contributed by atoms with Crippen molar-refractivity contribution in [1.82, 2.24) is 10.2 Å². The molecule has 0 aromatic carbocycles. The van der Waals surface area contributed by atoms with E-state index in [1.54, 1.807) is 0 Å². The van der Waals surface area contributed by atoms with E-state index >= 15 is 0 Å². The second-order valence-corrected chi connectivity index (χ2v) is 6.05. The number of piperidine rings is 1. The highest BCUT2D eigenvalue weighted by molar-refractivity contribution is 9.11. The van der Waals surface area contributed by atoms with Crippen molar-refractivity contribution in [2.75, 3.05) is 18.0 Å². The van der Waals surface area contributed by atoms with E-state index in [1.165, 1.54) is 11.3 Å². The van der Waals surface area contributed by atoms with Crippen LogP contribution in [-0.2, 0) is 0 Å². The minimum atomic E-state index is -0.502. The van der Waals surface area contributed by atoms with Crippen LogP contribution in [0.4, 0.5) is 5.13 Å². The minimum absolute atomic E-state index is 0.502. The second-order valence-electron chi connectivity index (χ2n) is 3.82. The summed E-state index contributed by atoms with van der Waals surface area (Å²) in [6.45, 7) is 3.60. The molecule has 4 nitrogen and oxygen atoms in total. The maximum atomic E-state index is 9.78. The van der Waals surface area contributed by atoms with Crippen LogP contribution in [0.5, 0.6) is 0 Å². The number of halogens is 1. The summed E-state index contributed by atoms with van der Waals surface area (Å²) in [6.07, 6.45) is 1.59. The zero-order valence-electron chi connectivity index (χ0n) is 7.90. The molecule has 1 N–H and O–H groups in total. The van der Waals surface area contributed by atoms with Crippen molar-refractivity contribution in [2.45, 2.75) is 25.4 Å². The Bertz CT molecular complexity index is 318. The molecule has 1 aromatic rings. The molecular formula is C8H12BrN3OS. The van der Waals surface area contributed by atoms with Gasteiger partial charge in [0, 0.05) is 13.1 Å². The van der Waals surface area contributed by atoms with E-state index in [9.17, 15) is 5.11 Å². The number of nitrogens with zero attached hydrogens (tertiary/aromatic N) is 3. The van der Waals surface area contributed by atoms with Crippen molar-refractivity contribution in [2.24, 2.45) is 0 Å². The van der Waals surface area contributed by atoms with Gasteiger partial charge in [-0.2, -0.15) is 0 Å². The molecule has 6 heteroatoms. The summed E-state index contributed by atoms with van der Waals surface area (Å²) in [5.74, 6) is 0. The molecule has 2 heterocycles. The highest BCUT2D eigenvalue weighted by Crippen LogP contribution is 2.29. The van der Waals surface area contributed by atoms with Crippen molar-refractivity contribution < 1.29 is 5.11 Å². The zero-order valence-corrected chi connectivity index (χ0v) is 10.3. The van der Waals surface area contributed by atoms with Crippen molar-refractivity contribution in [3.05, 3.63) is 3.92 Å². The summed E-state index contributed by atoms with van der Waals surface area (Å²) in [5.41, 5.74) is -0.502. The summed E-state index contributed by atoms with van der Waals surface area (Å²) in [4.78, 5) is 2.17. The molecule has 0 aliphatic carbocycles. The summed E-state index contributed by atoms with van der Waals surface area (Å²) in [7, 11) is 0. The Kier molecular flexibility index (Phi) is 2.77. The monoisotopic (exact) mass is 277 g/mol. The van der Waals surface area contributed by atoms with Gasteiger partial charge in [-0.3, -0.25) is 0 Å². The van der Waals surface area contributed by atoms with Crippen molar-refractivity contribution in [3.63, 3.8) is 0 Å². The molecule has 1 saturated heterocycles. The van der Waals surface area contributed by atoms with Gasteiger partial charge in [0.2, 0.25) is 5.13 Å². The predicted molar refractivity (Wildman–Crippen MR) is 59.7 cm³/mol. The standard InChI is InChI=1S/C8H12BrN3OS/c1-8(13)2-4-12(5-3-8)7-11-10-6(9)14-7/h13H,2-5H2,1H3. The molecule has 0 spiro atoms. The molecule has 0 bridgehead atoms. The van der Waals surface area contributed by atoms with Crippen molar-refractivity contribution in [3.8, 4) is 0 Å². The highest BCUT2D eigenvalue weighted by Gasteiger charge is 2.28. The summed E-state index contributed by atoms with van der Waals surface area (Å²) < 4.78 is 0.810. The first-order valence-electron chi connectivity index (χ1n) is 4.53. The summed E-state index contributed by atoms with van der Waals surface area (Å²) in [6, 6.07) is 0. The van der Waals surface area contributed by atoms with Crippen LogP contribution in [0.3, 0.4) is 0 Å². The van der Waals surface area contributed by atoms with Gasteiger partial charge in [0.25, 0.3) is 0 Å². The van der Waals surface area contributed by atoms with Crippen LogP contribution in [0.1, 0.15) is 19.8 Å². The lowest BCUT2D eigenvalue weighted by atomic mass is 9.94. The molecule has 0 atom stereocenters. The molecular weight excluding hydrogens is 266 g/mol. The predicted octanol–water partition coefficient (Wildman–Crippen LogP) is 1.65. The third-order valence-electron chi connectivity index (χ3n) is 2.50. The second kappa shape index (κ2) is 3.75. The Hall–Kier alpha value is -0.200. The lowest BCUT2D eigenvalue weighted by Gasteiger charge is -2.35. The van der Waals surface area contributed by atoms with Gasteiger partial charge in [-0.25, -0.2) is 0 Å². The Morgan fingerprint density at radius 2 is 2.07 bits per heavy atom. The van der Waals surface area contributed by atoms with E-state index in [4.69, 9.17) is 0 Å². The summed E-state index contributed by atoms with van der Waals surface area (Å²) in [5, 5.41) is 18.7. The van der Waals surface area contributed by atoms with Gasteiger partial charge in [0.15, 0.2) is 3.92 Å². The highest BCUT2D eigenvalue weighted by atomic mass is 79.9. The van der Waals surface area contributed by atoms with E-state index < -0.39 is 5.60 Å². The van der Waals surface area contributed by atoms with Crippen molar-refractivity contribution >= 4 is 32.4 Å². The van der Waals surface area contributed by atoms with Crippen LogP contribution in [0, 0.1) is 0 Å². The van der Waals surface area contributed by atoms with E-state index in [0.29, 0.717) is 0 Å². The maximum absolute atomic E-state index is 9.78. The summed E-state index contributed by atoms with van der Waals surface area (Å²) >= 11 is 4.82. The average molecular weight is 278 g/mol. The maximum Gasteiger partial charge on any atom is 0.209 e. The molecule has 1 aromatic heterocycles. The molecule has 0 saturated carbocycles. The fourth-order valence-electron chi connectivity index (χ4n) is 1.51. The number of hydrogen-bond acceptors (Lipinski definition) is 5. The Morgan fingerprint density at radius 1 is 1.43 bits per heavy atom. The van der Waals surface area contributed by atoms with Gasteiger partial charge in [-0.15, -0.1) is 10.2 Å². The quantitative estimate of drug-likeness (QED) is 0.848. The van der Waals surface area contributed by atoms with Gasteiger partial charge in [-0.05, 0) is 35.7 Å². The van der Waals surface area contributed by atoms with E-state index in [2.05, 4.69) is 31.0 Å². The first-order chi connectivity index (χ1) is 6.57. The van der Waals surface area contributed by atoms with E-state index in [1.807, 2.05) is 6.92 Å². The van der Waals surface area contributed by atoms with Gasteiger partial charge >= 0.3 is 0 Å². The van der Waals surface area contributed by atoms with Gasteiger partial charge < -0.3 is 10.0 Å². The van der Waals surface area contributed by atoms with Crippen LogP contribution < -0.4 is 4.90 Å². The van der Waals surface area contributed by atoms with E-state index in [0.717, 1.165) is 35.0 Å². The Labute approximate surface area is 95.1 Å². The van der Waals surface area contributed by atoms with Crippen LogP contribution in [0.15, 0.2) is 3.92 Å². The number of aromatic nitrogens is 2. The average Bonchev–Trinajstić information content (AvgIpc) is 2.52. The first-order valence-corrected chi connectivity index (χ1v) is 6.14. The number of hydrogen-bond donors (Lipinski definition) is 1. The smallest absolute Gasteiger partial charge is 0.209 e. The first kappa shape index (κ1) is 10.3. The number of rotatable bonds is 1. The SMILES string of the molecule is CC1(O)CCN(c2nnc(Br)s2)CC1. The molecule has 0 radical (unpaired) electrons. The Balaban J connectivity index is 2.02. The largest absolute Gasteiger partial charge is 0.390 e. The van der Waals surface area contributed by atoms with Crippen LogP contribution in [0.25, 0.3) is 0 Å². The third-order valence-corrected chi connectivity index (χ3v) is 3.92. The molecule has 1 aliphatic heterocycles. The fraction of sp³-hybridized carbons (Fsp3) is 0.750. The minimum Gasteiger partial charge on any atom is -0.390 e. The van der Waals surface area contributed by atoms with Gasteiger partial charge in [0.1, 0.15) is 0 Å². The Morgan fingerprint density at radius 3 is 2.57 bits per heavy atom. The number of anilines is 1. The van der Waals surface area contributed by atoms with Crippen LogP contribution in [0.2, 0.25) is 0 Å². The van der Waals surface area contributed by atoms with Crippen LogP contribution in [-0.4, -0.2) is 34.0 Å². The molecule has 78 valence electrons. The molecule has 0 amide bonds. The van der Waals surface area contributed by atoms with E-state index in [-0.39, 0.29) is 0 Å². The number of aliphatic hydroxyl groups is 1. The van der Waals surface area contributed by atoms with Gasteiger partial charge in [-0.1, -0.05) is 11.3 Å². The lowest BCUT2D eigenvalue weighted by molar-refractivity contribution is 0.0351. The molecule has 14 heavy (non-hydrogen) atoms. The molecule has 1 fully saturated rings. The van der Waals surface area contributed by atoms with Crippen molar-refractivity contribution in [1.29, 1.82) is 0 Å².